The van der Waals surface area contributed by atoms with Crippen molar-refractivity contribution in [3.05, 3.63) is 57.7 Å². The number of nitrogens with zero attached hydrogens (tertiary/aromatic N) is 3. The summed E-state index contributed by atoms with van der Waals surface area (Å²) in [6, 6.07) is 6.72. The number of hydrogen-bond donors (Lipinski definition) is 3. The minimum Gasteiger partial charge on any atom is -0.739 e. The van der Waals surface area contributed by atoms with Gasteiger partial charge in [0.05, 0.1) is 18.4 Å². The SMILES string of the molecule is NCCCOc1ccc(Cl)cc1NC(=O)Nc1n[n+]([O-])c2cc(F)ccc2[n+]1[O-]. The second-order valence-electron chi connectivity index (χ2n) is 5.83. The Morgan fingerprint density at radius 1 is 1.21 bits per heavy atom. The number of rotatable bonds is 6. The van der Waals surface area contributed by atoms with E-state index in [1.165, 1.54) is 6.07 Å². The first-order chi connectivity index (χ1) is 13.9. The Bertz CT molecular complexity index is 1070. The number of amides is 2. The van der Waals surface area contributed by atoms with Crippen LogP contribution >= 0.6 is 11.6 Å². The third-order valence-electron chi connectivity index (χ3n) is 3.76. The van der Waals surface area contributed by atoms with Crippen molar-refractivity contribution in [2.75, 3.05) is 23.8 Å². The lowest BCUT2D eigenvalue weighted by Crippen LogP contribution is -2.45. The Morgan fingerprint density at radius 3 is 2.76 bits per heavy atom. The fourth-order valence-corrected chi connectivity index (χ4v) is 2.61. The zero-order valence-corrected chi connectivity index (χ0v) is 15.6. The Morgan fingerprint density at radius 2 is 2.00 bits per heavy atom. The van der Waals surface area contributed by atoms with E-state index in [2.05, 4.69) is 15.7 Å². The third kappa shape index (κ3) is 4.70. The molecule has 0 atom stereocenters. The van der Waals surface area contributed by atoms with Gasteiger partial charge >= 0.3 is 17.5 Å². The highest BCUT2D eigenvalue weighted by atomic mass is 35.5. The van der Waals surface area contributed by atoms with E-state index in [4.69, 9.17) is 22.1 Å². The number of carbonyl (C=O) groups excluding carboxylic acids is 1. The maximum atomic E-state index is 13.3. The van der Waals surface area contributed by atoms with Crippen LogP contribution in [0.15, 0.2) is 36.4 Å². The molecule has 10 nitrogen and oxygen atoms in total. The molecular weight excluding hydrogens is 407 g/mol. The van der Waals surface area contributed by atoms with E-state index in [0.717, 1.165) is 18.2 Å². The van der Waals surface area contributed by atoms with Crippen LogP contribution in [0.25, 0.3) is 11.0 Å². The average molecular weight is 423 g/mol. The normalized spacial score (nSPS) is 10.7. The lowest BCUT2D eigenvalue weighted by Gasteiger charge is -2.13. The lowest BCUT2D eigenvalue weighted by molar-refractivity contribution is -0.672. The van der Waals surface area contributed by atoms with E-state index >= 15 is 0 Å². The van der Waals surface area contributed by atoms with Gasteiger partial charge in [-0.2, -0.15) is 5.32 Å². The van der Waals surface area contributed by atoms with Crippen molar-refractivity contribution in [2.24, 2.45) is 5.73 Å². The van der Waals surface area contributed by atoms with Crippen LogP contribution < -0.4 is 30.7 Å². The Balaban J connectivity index is 1.82. The first-order valence-corrected chi connectivity index (χ1v) is 8.80. The quantitative estimate of drug-likeness (QED) is 0.313. The molecule has 4 N–H and O–H groups in total. The van der Waals surface area contributed by atoms with Crippen molar-refractivity contribution in [2.45, 2.75) is 6.42 Å². The molecular formula is C17H16ClFN6O4. The number of nitrogens with two attached hydrogens (primary N) is 1. The monoisotopic (exact) mass is 422 g/mol. The maximum absolute atomic E-state index is 13.3. The van der Waals surface area contributed by atoms with Gasteiger partial charge in [0, 0.05) is 9.87 Å². The predicted molar refractivity (Wildman–Crippen MR) is 103 cm³/mol. The van der Waals surface area contributed by atoms with Gasteiger partial charge in [-0.05, 0) is 43.3 Å². The molecule has 0 aliphatic rings. The van der Waals surface area contributed by atoms with Crippen LogP contribution in [-0.4, -0.2) is 24.3 Å². The number of benzene rings is 2. The number of ether oxygens (including phenoxy) is 1. The summed E-state index contributed by atoms with van der Waals surface area (Å²) < 4.78 is 19.0. The van der Waals surface area contributed by atoms with Gasteiger partial charge in [-0.3, -0.25) is 5.32 Å². The van der Waals surface area contributed by atoms with Gasteiger partial charge in [0.25, 0.3) is 0 Å². The van der Waals surface area contributed by atoms with Crippen LogP contribution in [0.4, 0.5) is 20.8 Å². The van der Waals surface area contributed by atoms with Gasteiger partial charge in [0.2, 0.25) is 5.10 Å². The highest BCUT2D eigenvalue weighted by Gasteiger charge is 2.24. The van der Waals surface area contributed by atoms with Crippen LogP contribution in [0.2, 0.25) is 5.02 Å². The number of carbonyl (C=O) groups is 1. The minimum atomic E-state index is -0.866. The summed E-state index contributed by atoms with van der Waals surface area (Å²) in [6.45, 7) is 0.765. The largest absolute Gasteiger partial charge is 0.739 e. The van der Waals surface area contributed by atoms with Gasteiger partial charge in [0.1, 0.15) is 11.6 Å². The first kappa shape index (κ1) is 20.3. The van der Waals surface area contributed by atoms with Gasteiger partial charge in [-0.25, -0.2) is 13.9 Å². The van der Waals surface area contributed by atoms with E-state index in [1.54, 1.807) is 12.1 Å². The van der Waals surface area contributed by atoms with Crippen LogP contribution in [0, 0.1) is 16.2 Å². The Labute approximate surface area is 168 Å². The van der Waals surface area contributed by atoms with Crippen molar-refractivity contribution in [1.29, 1.82) is 0 Å². The molecule has 1 heterocycles. The molecule has 0 saturated carbocycles. The molecule has 0 saturated heterocycles. The van der Waals surface area contributed by atoms with E-state index < -0.39 is 17.8 Å². The summed E-state index contributed by atoms with van der Waals surface area (Å²) in [6.07, 6.45) is 0.607. The smallest absolute Gasteiger partial charge is 0.469 e. The number of anilines is 2. The number of halogens is 2. The molecule has 2 amide bonds. The number of nitrogens with one attached hydrogen (secondary N) is 2. The molecule has 0 bridgehead atoms. The number of fused-ring (bicyclic) bond motifs is 1. The fourth-order valence-electron chi connectivity index (χ4n) is 2.44. The van der Waals surface area contributed by atoms with E-state index in [-0.39, 0.29) is 26.3 Å². The third-order valence-corrected chi connectivity index (χ3v) is 4.00. The summed E-state index contributed by atoms with van der Waals surface area (Å²) in [5.74, 6) is -0.955. The molecule has 0 radical (unpaired) electrons. The molecule has 3 rings (SSSR count). The van der Waals surface area contributed by atoms with Gasteiger partial charge in [-0.15, -0.1) is 0 Å². The van der Waals surface area contributed by atoms with E-state index in [0.29, 0.717) is 30.3 Å². The molecule has 3 aromatic rings. The lowest BCUT2D eigenvalue weighted by atomic mass is 10.3. The fraction of sp³-hybridized carbons (Fsp3) is 0.176. The molecule has 1 aromatic heterocycles. The summed E-state index contributed by atoms with van der Waals surface area (Å²) >= 11 is 5.96. The van der Waals surface area contributed by atoms with Crippen molar-refractivity contribution in [3.63, 3.8) is 0 Å². The molecule has 152 valence electrons. The van der Waals surface area contributed by atoms with Gasteiger partial charge in [-0.1, -0.05) is 11.6 Å². The molecule has 0 spiro atoms. The second kappa shape index (κ2) is 8.71. The van der Waals surface area contributed by atoms with Crippen LogP contribution in [0.1, 0.15) is 6.42 Å². The predicted octanol–water partition coefficient (Wildman–Crippen LogP) is 1.67. The second-order valence-corrected chi connectivity index (χ2v) is 6.27. The van der Waals surface area contributed by atoms with Crippen LogP contribution in [0.3, 0.4) is 0 Å². The summed E-state index contributed by atoms with van der Waals surface area (Å²) in [4.78, 5) is 12.4. The van der Waals surface area contributed by atoms with Crippen LogP contribution in [-0.2, 0) is 0 Å². The minimum absolute atomic E-state index is 0.0448. The Hall–Kier alpha value is -3.44. The standard InChI is InChI=1S/C17H16ClFN6O4/c18-10-2-5-15(29-7-1-6-20)12(8-10)21-17(26)22-16-23-25(28)14-9-11(19)3-4-13(14)24(16)27/h2-5,8-9H,1,6-7,20H2,(H2,21,22,23,26). The molecule has 0 aliphatic carbocycles. The number of urea groups is 1. The molecule has 29 heavy (non-hydrogen) atoms. The molecule has 0 unspecified atom stereocenters. The highest BCUT2D eigenvalue weighted by Crippen LogP contribution is 2.28. The number of aromatic nitrogens is 3. The van der Waals surface area contributed by atoms with Crippen LogP contribution in [0.5, 0.6) is 5.75 Å². The molecule has 2 aromatic carbocycles. The summed E-state index contributed by atoms with van der Waals surface area (Å²) in [5.41, 5.74) is 5.22. The zero-order chi connectivity index (χ0) is 21.0. The van der Waals surface area contributed by atoms with Gasteiger partial charge < -0.3 is 20.9 Å². The number of hydrogen-bond acceptors (Lipinski definition) is 6. The maximum Gasteiger partial charge on any atom is 0.469 e. The Kier molecular flexibility index (Phi) is 6.10. The first-order valence-electron chi connectivity index (χ1n) is 8.42. The topological polar surface area (TPSA) is 143 Å². The summed E-state index contributed by atoms with van der Waals surface area (Å²) in [5, 5.41) is 32.7. The van der Waals surface area contributed by atoms with E-state index in [1.807, 2.05) is 0 Å². The summed E-state index contributed by atoms with van der Waals surface area (Å²) in [7, 11) is 0. The zero-order valence-electron chi connectivity index (χ0n) is 14.9. The van der Waals surface area contributed by atoms with Crippen molar-refractivity contribution in [1.82, 2.24) is 5.10 Å². The molecule has 12 heteroatoms. The van der Waals surface area contributed by atoms with Crippen molar-refractivity contribution in [3.8, 4) is 5.75 Å². The highest BCUT2D eigenvalue weighted by molar-refractivity contribution is 6.31. The average Bonchev–Trinajstić information content (AvgIpc) is 2.67. The van der Waals surface area contributed by atoms with E-state index in [9.17, 15) is 19.6 Å². The van der Waals surface area contributed by atoms with Gasteiger partial charge in [0.15, 0.2) is 5.52 Å². The molecule has 0 fully saturated rings. The van der Waals surface area contributed by atoms with Crippen molar-refractivity contribution >= 4 is 40.3 Å². The van der Waals surface area contributed by atoms with Crippen molar-refractivity contribution < 1.29 is 23.5 Å². The molecule has 0 aliphatic heterocycles.